The van der Waals surface area contributed by atoms with Gasteiger partial charge in [-0.1, -0.05) is 29.8 Å². The van der Waals surface area contributed by atoms with Crippen molar-refractivity contribution in [2.45, 2.75) is 26.7 Å². The first-order valence-corrected chi connectivity index (χ1v) is 7.70. The Bertz CT molecular complexity index is 763. The van der Waals surface area contributed by atoms with Gasteiger partial charge >= 0.3 is 5.97 Å². The third-order valence-corrected chi connectivity index (χ3v) is 4.04. The Morgan fingerprint density at radius 1 is 1.17 bits per heavy atom. The standard InChI is InChI=1S/C19H19NO3/c1-12-3-5-14(6-4-12)19(22)23-20-18-10-13(2)9-15-11-16(21)7-8-17(15)18/h3-8,11,13,21H,9-10H2,1-2H3. The highest BCUT2D eigenvalue weighted by molar-refractivity contribution is 6.03. The molecule has 4 nitrogen and oxygen atoms in total. The summed E-state index contributed by atoms with van der Waals surface area (Å²) < 4.78 is 0. The largest absolute Gasteiger partial charge is 0.508 e. The van der Waals surface area contributed by atoms with Crippen molar-refractivity contribution in [3.05, 3.63) is 64.7 Å². The first-order valence-electron chi connectivity index (χ1n) is 7.70. The number of carbonyl (C=O) groups is 1. The number of fused-ring (bicyclic) bond motifs is 1. The van der Waals surface area contributed by atoms with E-state index in [9.17, 15) is 9.90 Å². The highest BCUT2D eigenvalue weighted by Gasteiger charge is 2.22. The Balaban J connectivity index is 1.83. The Morgan fingerprint density at radius 2 is 1.91 bits per heavy atom. The second kappa shape index (κ2) is 6.24. The van der Waals surface area contributed by atoms with Crippen molar-refractivity contribution in [2.24, 2.45) is 11.1 Å². The molecule has 23 heavy (non-hydrogen) atoms. The van der Waals surface area contributed by atoms with Crippen molar-refractivity contribution in [1.29, 1.82) is 0 Å². The van der Waals surface area contributed by atoms with Gasteiger partial charge in [0.15, 0.2) is 0 Å². The lowest BCUT2D eigenvalue weighted by Crippen LogP contribution is -2.19. The molecule has 0 radical (unpaired) electrons. The number of hydrogen-bond donors (Lipinski definition) is 1. The zero-order valence-electron chi connectivity index (χ0n) is 13.2. The number of nitrogens with zero attached hydrogens (tertiary/aromatic N) is 1. The lowest BCUT2D eigenvalue weighted by molar-refractivity contribution is 0.0515. The van der Waals surface area contributed by atoms with Crippen LogP contribution < -0.4 is 0 Å². The third kappa shape index (κ3) is 3.42. The molecule has 0 heterocycles. The molecule has 0 fully saturated rings. The fourth-order valence-corrected chi connectivity index (χ4v) is 2.84. The summed E-state index contributed by atoms with van der Waals surface area (Å²) in [6.07, 6.45) is 1.63. The van der Waals surface area contributed by atoms with Crippen LogP contribution in [0.1, 0.15) is 40.4 Å². The van der Waals surface area contributed by atoms with Gasteiger partial charge in [0.1, 0.15) is 5.75 Å². The van der Waals surface area contributed by atoms with Crippen molar-refractivity contribution in [3.63, 3.8) is 0 Å². The molecule has 4 heteroatoms. The van der Waals surface area contributed by atoms with E-state index in [2.05, 4.69) is 12.1 Å². The van der Waals surface area contributed by atoms with Gasteiger partial charge in [0.05, 0.1) is 11.3 Å². The molecule has 118 valence electrons. The van der Waals surface area contributed by atoms with E-state index >= 15 is 0 Å². The Kier molecular flexibility index (Phi) is 4.15. The summed E-state index contributed by atoms with van der Waals surface area (Å²) >= 11 is 0. The van der Waals surface area contributed by atoms with Gasteiger partial charge in [0, 0.05) is 5.56 Å². The summed E-state index contributed by atoms with van der Waals surface area (Å²) in [6, 6.07) is 12.4. The molecule has 2 aromatic carbocycles. The second-order valence-electron chi connectivity index (χ2n) is 6.14. The van der Waals surface area contributed by atoms with Gasteiger partial charge < -0.3 is 9.94 Å². The zero-order valence-corrected chi connectivity index (χ0v) is 13.2. The zero-order chi connectivity index (χ0) is 16.4. The molecule has 0 saturated carbocycles. The maximum Gasteiger partial charge on any atom is 0.365 e. The second-order valence-corrected chi connectivity index (χ2v) is 6.14. The van der Waals surface area contributed by atoms with Gasteiger partial charge in [-0.3, -0.25) is 0 Å². The lowest BCUT2D eigenvalue weighted by Gasteiger charge is -2.22. The molecule has 2 aromatic rings. The molecule has 1 atom stereocenters. The number of aryl methyl sites for hydroxylation is 1. The van der Waals surface area contributed by atoms with E-state index in [1.54, 1.807) is 24.3 Å². The number of rotatable bonds is 2. The van der Waals surface area contributed by atoms with Gasteiger partial charge in [-0.2, -0.15) is 0 Å². The van der Waals surface area contributed by atoms with Crippen molar-refractivity contribution in [3.8, 4) is 5.75 Å². The summed E-state index contributed by atoms with van der Waals surface area (Å²) in [7, 11) is 0. The summed E-state index contributed by atoms with van der Waals surface area (Å²) in [5, 5.41) is 13.7. The van der Waals surface area contributed by atoms with Crippen molar-refractivity contribution in [1.82, 2.24) is 0 Å². The highest BCUT2D eigenvalue weighted by Crippen LogP contribution is 2.28. The van der Waals surface area contributed by atoms with Gasteiger partial charge in [-0.25, -0.2) is 4.79 Å². The minimum atomic E-state index is -0.462. The number of phenolic OH excluding ortho intramolecular Hbond substituents is 1. The van der Waals surface area contributed by atoms with Crippen LogP contribution in [0.15, 0.2) is 47.6 Å². The van der Waals surface area contributed by atoms with Crippen LogP contribution in [0, 0.1) is 12.8 Å². The average molecular weight is 309 g/mol. The number of carbonyl (C=O) groups excluding carboxylic acids is 1. The quantitative estimate of drug-likeness (QED) is 0.677. The first kappa shape index (κ1) is 15.3. The molecule has 0 saturated heterocycles. The highest BCUT2D eigenvalue weighted by atomic mass is 16.7. The van der Waals surface area contributed by atoms with E-state index in [0.29, 0.717) is 11.5 Å². The molecule has 0 spiro atoms. The van der Waals surface area contributed by atoms with Gasteiger partial charge in [0.25, 0.3) is 0 Å². The summed E-state index contributed by atoms with van der Waals surface area (Å²) in [6.45, 7) is 4.08. The smallest absolute Gasteiger partial charge is 0.365 e. The van der Waals surface area contributed by atoms with E-state index in [4.69, 9.17) is 4.84 Å². The number of benzene rings is 2. The maximum absolute atomic E-state index is 12.1. The molecule has 1 aliphatic carbocycles. The predicted octanol–water partition coefficient (Wildman–Crippen LogP) is 3.84. The predicted molar refractivity (Wildman–Crippen MR) is 88.7 cm³/mol. The minimum Gasteiger partial charge on any atom is -0.508 e. The third-order valence-electron chi connectivity index (χ3n) is 4.04. The van der Waals surface area contributed by atoms with Crippen molar-refractivity contribution < 1.29 is 14.7 Å². The van der Waals surface area contributed by atoms with Crippen LogP contribution >= 0.6 is 0 Å². The topological polar surface area (TPSA) is 58.9 Å². The number of phenols is 1. The number of aromatic hydroxyl groups is 1. The Morgan fingerprint density at radius 3 is 2.65 bits per heavy atom. The summed E-state index contributed by atoms with van der Waals surface area (Å²) in [5.41, 5.74) is 4.29. The van der Waals surface area contributed by atoms with E-state index in [1.165, 1.54) is 0 Å². The van der Waals surface area contributed by atoms with Crippen LogP contribution in [0.25, 0.3) is 0 Å². The molecule has 0 aliphatic heterocycles. The average Bonchev–Trinajstić information content (AvgIpc) is 2.52. The molecular formula is C19H19NO3. The van der Waals surface area contributed by atoms with Gasteiger partial charge in [0.2, 0.25) is 0 Å². The van der Waals surface area contributed by atoms with E-state index < -0.39 is 5.97 Å². The van der Waals surface area contributed by atoms with Crippen LogP contribution in [-0.2, 0) is 11.3 Å². The normalized spacial score (nSPS) is 18.5. The number of hydrogen-bond acceptors (Lipinski definition) is 4. The molecule has 3 rings (SSSR count). The van der Waals surface area contributed by atoms with Crippen LogP contribution in [0.2, 0.25) is 0 Å². The Labute approximate surface area is 135 Å². The SMILES string of the molecule is Cc1ccc(C(=O)ON=C2CC(C)Cc3cc(O)ccc32)cc1. The van der Waals surface area contributed by atoms with E-state index in [-0.39, 0.29) is 5.75 Å². The first-order chi connectivity index (χ1) is 11.0. The molecule has 0 amide bonds. The Hall–Kier alpha value is -2.62. The van der Waals surface area contributed by atoms with Crippen LogP contribution in [-0.4, -0.2) is 16.8 Å². The number of oxime groups is 1. The molecular weight excluding hydrogens is 290 g/mol. The molecule has 0 aromatic heterocycles. The molecule has 0 bridgehead atoms. The van der Waals surface area contributed by atoms with Crippen LogP contribution in [0.4, 0.5) is 0 Å². The van der Waals surface area contributed by atoms with Crippen LogP contribution in [0.3, 0.4) is 0 Å². The molecule has 1 N–H and O–H groups in total. The van der Waals surface area contributed by atoms with Gasteiger partial charge in [-0.05, 0) is 61.6 Å². The van der Waals surface area contributed by atoms with Crippen molar-refractivity contribution >= 4 is 11.7 Å². The van der Waals surface area contributed by atoms with E-state index in [0.717, 1.165) is 35.2 Å². The molecule has 1 aliphatic rings. The van der Waals surface area contributed by atoms with E-state index in [1.807, 2.05) is 25.1 Å². The lowest BCUT2D eigenvalue weighted by atomic mass is 9.83. The minimum absolute atomic E-state index is 0.244. The summed E-state index contributed by atoms with van der Waals surface area (Å²) in [4.78, 5) is 17.2. The maximum atomic E-state index is 12.1. The fraction of sp³-hybridized carbons (Fsp3) is 0.263. The van der Waals surface area contributed by atoms with Crippen molar-refractivity contribution in [2.75, 3.05) is 0 Å². The summed E-state index contributed by atoms with van der Waals surface area (Å²) in [5.74, 6) is 0.172. The van der Waals surface area contributed by atoms with Crippen LogP contribution in [0.5, 0.6) is 5.75 Å². The fourth-order valence-electron chi connectivity index (χ4n) is 2.84. The monoisotopic (exact) mass is 309 g/mol. The van der Waals surface area contributed by atoms with Gasteiger partial charge in [-0.15, -0.1) is 0 Å². The molecule has 1 unspecified atom stereocenters.